The molecule has 0 fully saturated rings. The predicted octanol–water partition coefficient (Wildman–Crippen LogP) is 3.40. The number of hydrogen-bond donors (Lipinski definition) is 0. The van der Waals surface area contributed by atoms with Crippen molar-refractivity contribution in [3.63, 3.8) is 0 Å². The summed E-state index contributed by atoms with van der Waals surface area (Å²) in [5.41, 5.74) is 0. The molecule has 74 valence electrons. The second kappa shape index (κ2) is 4.69. The largest absolute Gasteiger partial charge is 0.292 e. The van der Waals surface area contributed by atoms with Crippen molar-refractivity contribution < 1.29 is 4.48 Å². The van der Waals surface area contributed by atoms with E-state index in [1.807, 2.05) is 0 Å². The molecule has 0 saturated heterocycles. The normalized spacial score (nSPS) is 13.5. The zero-order valence-electron chi connectivity index (χ0n) is 8.64. The number of hydrogen-bond acceptors (Lipinski definition) is 0. The second-order valence-corrected chi connectivity index (χ2v) is 4.83. The Morgan fingerprint density at radius 1 is 1.00 bits per heavy atom. The van der Waals surface area contributed by atoms with Gasteiger partial charge in [-0.2, -0.15) is 0 Å². The van der Waals surface area contributed by atoms with E-state index in [4.69, 9.17) is 23.2 Å². The number of quaternary nitrogens is 1. The SMILES string of the molecule is CC[N+](C(C)C)(C(C)C)C(Cl)Cl. The number of rotatable bonds is 4. The van der Waals surface area contributed by atoms with Crippen LogP contribution in [0.25, 0.3) is 0 Å². The fourth-order valence-corrected chi connectivity index (χ4v) is 3.09. The molecule has 0 unspecified atom stereocenters. The van der Waals surface area contributed by atoms with Gasteiger partial charge in [-0.25, -0.2) is 0 Å². The summed E-state index contributed by atoms with van der Waals surface area (Å²) >= 11 is 12.1. The lowest BCUT2D eigenvalue weighted by Crippen LogP contribution is -2.60. The molecular formula is C9H20Cl2N+. The predicted molar refractivity (Wildman–Crippen MR) is 56.6 cm³/mol. The van der Waals surface area contributed by atoms with Gasteiger partial charge >= 0.3 is 0 Å². The molecule has 0 saturated carbocycles. The molecule has 0 rings (SSSR count). The van der Waals surface area contributed by atoms with Crippen LogP contribution >= 0.6 is 23.2 Å². The zero-order chi connectivity index (χ0) is 9.94. The fourth-order valence-electron chi connectivity index (χ4n) is 1.92. The molecule has 1 nitrogen and oxygen atoms in total. The van der Waals surface area contributed by atoms with Gasteiger partial charge in [0.1, 0.15) is 0 Å². The summed E-state index contributed by atoms with van der Waals surface area (Å²) in [6.45, 7) is 11.8. The Morgan fingerprint density at radius 2 is 1.33 bits per heavy atom. The quantitative estimate of drug-likeness (QED) is 0.381. The molecule has 0 radical (unpaired) electrons. The van der Waals surface area contributed by atoms with Crippen molar-refractivity contribution in [1.82, 2.24) is 0 Å². The Bertz CT molecular complexity index is 111. The molecule has 0 N–H and O–H groups in total. The summed E-state index contributed by atoms with van der Waals surface area (Å²) in [5.74, 6) is 0. The van der Waals surface area contributed by atoms with Crippen LogP contribution in [-0.4, -0.2) is 28.1 Å². The smallest absolute Gasteiger partial charge is 0.241 e. The maximum Gasteiger partial charge on any atom is 0.241 e. The second-order valence-electron chi connectivity index (χ2n) is 3.78. The molecule has 0 aromatic rings. The first-order chi connectivity index (χ1) is 5.39. The Hall–Kier alpha value is 0.540. The van der Waals surface area contributed by atoms with Crippen molar-refractivity contribution in [1.29, 1.82) is 0 Å². The van der Waals surface area contributed by atoms with Gasteiger partial charge < -0.3 is 0 Å². The maximum absolute atomic E-state index is 6.03. The lowest BCUT2D eigenvalue weighted by molar-refractivity contribution is -0.965. The van der Waals surface area contributed by atoms with Crippen LogP contribution in [0.1, 0.15) is 34.6 Å². The Labute approximate surface area is 86.2 Å². The maximum atomic E-state index is 6.03. The highest BCUT2D eigenvalue weighted by atomic mass is 35.5. The molecule has 0 bridgehead atoms. The highest BCUT2D eigenvalue weighted by Gasteiger charge is 2.38. The third-order valence-corrected chi connectivity index (χ3v) is 3.56. The summed E-state index contributed by atoms with van der Waals surface area (Å²) in [6.07, 6.45) is 0. The third kappa shape index (κ3) is 2.07. The van der Waals surface area contributed by atoms with Gasteiger partial charge in [0.15, 0.2) is 0 Å². The first-order valence-corrected chi connectivity index (χ1v) is 5.42. The van der Waals surface area contributed by atoms with Gasteiger partial charge in [-0.1, -0.05) is 0 Å². The van der Waals surface area contributed by atoms with E-state index in [-0.39, 0.29) is 4.96 Å². The molecule has 12 heavy (non-hydrogen) atoms. The highest BCUT2D eigenvalue weighted by Crippen LogP contribution is 2.28. The van der Waals surface area contributed by atoms with Crippen molar-refractivity contribution in [2.24, 2.45) is 0 Å². The molecular weight excluding hydrogens is 193 g/mol. The van der Waals surface area contributed by atoms with Crippen LogP contribution in [0, 0.1) is 0 Å². The Balaban J connectivity index is 4.77. The van der Waals surface area contributed by atoms with E-state index in [9.17, 15) is 0 Å². The van der Waals surface area contributed by atoms with E-state index < -0.39 is 0 Å². The minimum Gasteiger partial charge on any atom is -0.292 e. The van der Waals surface area contributed by atoms with E-state index >= 15 is 0 Å². The molecule has 3 heteroatoms. The molecule has 0 atom stereocenters. The van der Waals surface area contributed by atoms with E-state index in [1.165, 1.54) is 0 Å². The Morgan fingerprint density at radius 3 is 1.33 bits per heavy atom. The standard InChI is InChI=1S/C9H20Cl2N/c1-6-12(7(2)3,8(4)5)9(10)11/h7-9H,6H2,1-5H3/q+1. The van der Waals surface area contributed by atoms with E-state index in [2.05, 4.69) is 34.6 Å². The topological polar surface area (TPSA) is 0 Å². The van der Waals surface area contributed by atoms with Crippen molar-refractivity contribution in [3.05, 3.63) is 0 Å². The van der Waals surface area contributed by atoms with Crippen LogP contribution in [-0.2, 0) is 0 Å². The van der Waals surface area contributed by atoms with Gasteiger partial charge in [0, 0.05) is 0 Å². The fraction of sp³-hybridized carbons (Fsp3) is 1.00. The lowest BCUT2D eigenvalue weighted by Gasteiger charge is -2.46. The summed E-state index contributed by atoms with van der Waals surface area (Å²) in [5, 5.41) is 0. The molecule has 0 aliphatic heterocycles. The number of halogens is 2. The van der Waals surface area contributed by atoms with Gasteiger partial charge in [0.25, 0.3) is 0 Å². The molecule has 0 aromatic carbocycles. The van der Waals surface area contributed by atoms with Crippen LogP contribution in [0.4, 0.5) is 0 Å². The van der Waals surface area contributed by atoms with Crippen LogP contribution in [0.2, 0.25) is 0 Å². The number of nitrogens with zero attached hydrogens (tertiary/aromatic N) is 1. The van der Waals surface area contributed by atoms with E-state index in [1.54, 1.807) is 0 Å². The van der Waals surface area contributed by atoms with Gasteiger partial charge in [-0.05, 0) is 57.8 Å². The highest BCUT2D eigenvalue weighted by molar-refractivity contribution is 6.43. The summed E-state index contributed by atoms with van der Waals surface area (Å²) in [6, 6.07) is 0.935. The van der Waals surface area contributed by atoms with E-state index in [0.29, 0.717) is 12.1 Å². The number of alkyl halides is 2. The Kier molecular flexibility index (Phi) is 4.90. The van der Waals surface area contributed by atoms with Gasteiger partial charge in [0.2, 0.25) is 4.96 Å². The minimum absolute atomic E-state index is 0.324. The summed E-state index contributed by atoms with van der Waals surface area (Å²) in [4.78, 5) is -0.324. The molecule has 0 heterocycles. The zero-order valence-corrected chi connectivity index (χ0v) is 10.2. The monoisotopic (exact) mass is 212 g/mol. The van der Waals surface area contributed by atoms with Crippen LogP contribution in [0.3, 0.4) is 0 Å². The first kappa shape index (κ1) is 12.5. The van der Waals surface area contributed by atoms with Gasteiger partial charge in [-0.15, -0.1) is 0 Å². The molecule has 0 spiro atoms. The lowest BCUT2D eigenvalue weighted by atomic mass is 10.2. The van der Waals surface area contributed by atoms with Gasteiger partial charge in [-0.3, -0.25) is 4.48 Å². The van der Waals surface area contributed by atoms with Crippen LogP contribution in [0.5, 0.6) is 0 Å². The summed E-state index contributed by atoms with van der Waals surface area (Å²) < 4.78 is 0.767. The summed E-state index contributed by atoms with van der Waals surface area (Å²) in [7, 11) is 0. The average molecular weight is 213 g/mol. The van der Waals surface area contributed by atoms with Gasteiger partial charge in [0.05, 0.1) is 18.6 Å². The minimum atomic E-state index is -0.324. The van der Waals surface area contributed by atoms with Crippen molar-refractivity contribution in [2.45, 2.75) is 51.7 Å². The molecule has 0 aromatic heterocycles. The molecule has 0 aliphatic rings. The van der Waals surface area contributed by atoms with Crippen LogP contribution < -0.4 is 0 Å². The molecule has 0 amide bonds. The average Bonchev–Trinajstić information content (AvgIpc) is 1.86. The third-order valence-electron chi connectivity index (χ3n) is 2.83. The van der Waals surface area contributed by atoms with Crippen molar-refractivity contribution >= 4 is 23.2 Å². The van der Waals surface area contributed by atoms with Crippen molar-refractivity contribution in [3.8, 4) is 0 Å². The van der Waals surface area contributed by atoms with E-state index in [0.717, 1.165) is 11.0 Å². The first-order valence-electron chi connectivity index (χ1n) is 4.54. The van der Waals surface area contributed by atoms with Crippen molar-refractivity contribution in [2.75, 3.05) is 6.54 Å². The van der Waals surface area contributed by atoms with Crippen LogP contribution in [0.15, 0.2) is 0 Å². The molecule has 0 aliphatic carbocycles.